The largest absolute Gasteiger partial charge is 0.378 e. The number of Topliss-reactive ketones (excluding diaryl/α,β-unsaturated/α-hetero) is 1. The third-order valence-electron chi connectivity index (χ3n) is 3.03. The fraction of sp³-hybridized carbons (Fsp3) is 0.417. The van der Waals surface area contributed by atoms with Gasteiger partial charge in [0.2, 0.25) is 0 Å². The molecule has 0 unspecified atom stereocenters. The molecule has 0 saturated carbocycles. The molecule has 1 saturated heterocycles. The molecule has 0 bridgehead atoms. The zero-order valence-electron chi connectivity index (χ0n) is 10.2. The van der Waals surface area contributed by atoms with Gasteiger partial charge in [0.15, 0.2) is 17.2 Å². The first-order valence-electron chi connectivity index (χ1n) is 5.93. The molecule has 3 heterocycles. The zero-order chi connectivity index (χ0) is 12.5. The molecular formula is C12H14N4O2. The molecule has 3 rings (SSSR count). The monoisotopic (exact) mass is 246 g/mol. The highest BCUT2D eigenvalue weighted by molar-refractivity contribution is 5.93. The Morgan fingerprint density at radius 3 is 2.89 bits per heavy atom. The van der Waals surface area contributed by atoms with Crippen LogP contribution in [0.4, 0.5) is 5.82 Å². The summed E-state index contributed by atoms with van der Waals surface area (Å²) in [5.74, 6) is 0.778. The maximum absolute atomic E-state index is 11.4. The van der Waals surface area contributed by atoms with Gasteiger partial charge in [-0.2, -0.15) is 0 Å². The Balaban J connectivity index is 2.07. The average Bonchev–Trinajstić information content (AvgIpc) is 2.83. The standard InChI is InChI=1S/C12H14N4O2/c1-9(17)10-8-16-3-2-13-11(12(16)14-10)15-4-6-18-7-5-15/h2-3,8H,4-7H2,1H3. The van der Waals surface area contributed by atoms with Gasteiger partial charge in [0.25, 0.3) is 0 Å². The Morgan fingerprint density at radius 1 is 1.39 bits per heavy atom. The number of fused-ring (bicyclic) bond motifs is 1. The van der Waals surface area contributed by atoms with Crippen LogP contribution >= 0.6 is 0 Å². The van der Waals surface area contributed by atoms with Crippen LogP contribution in [0.15, 0.2) is 18.6 Å². The van der Waals surface area contributed by atoms with E-state index in [1.165, 1.54) is 6.92 Å². The number of imidazole rings is 1. The third kappa shape index (κ3) is 1.84. The number of carbonyl (C=O) groups excluding carboxylic acids is 1. The summed E-state index contributed by atoms with van der Waals surface area (Å²) in [6.45, 7) is 4.51. The Kier molecular flexibility index (Phi) is 2.71. The van der Waals surface area contributed by atoms with Gasteiger partial charge in [-0.05, 0) is 0 Å². The first-order valence-corrected chi connectivity index (χ1v) is 5.93. The zero-order valence-corrected chi connectivity index (χ0v) is 10.2. The molecule has 0 N–H and O–H groups in total. The molecule has 1 aliphatic heterocycles. The van der Waals surface area contributed by atoms with E-state index in [1.54, 1.807) is 18.6 Å². The number of aromatic nitrogens is 3. The predicted molar refractivity (Wildman–Crippen MR) is 66.0 cm³/mol. The molecule has 0 radical (unpaired) electrons. The maximum Gasteiger partial charge on any atom is 0.180 e. The molecule has 0 spiro atoms. The molecule has 2 aromatic rings. The van der Waals surface area contributed by atoms with Gasteiger partial charge in [-0.1, -0.05) is 0 Å². The number of anilines is 1. The number of ether oxygens (including phenoxy) is 1. The van der Waals surface area contributed by atoms with Crippen LogP contribution in [0.5, 0.6) is 0 Å². The SMILES string of the molecule is CC(=O)c1cn2ccnc(N3CCOCC3)c2n1. The molecule has 1 fully saturated rings. The minimum atomic E-state index is -0.0355. The Hall–Kier alpha value is -1.95. The van der Waals surface area contributed by atoms with E-state index in [-0.39, 0.29) is 5.78 Å². The van der Waals surface area contributed by atoms with Crippen LogP contribution < -0.4 is 4.90 Å². The van der Waals surface area contributed by atoms with Gasteiger partial charge >= 0.3 is 0 Å². The summed E-state index contributed by atoms with van der Waals surface area (Å²) < 4.78 is 7.17. The first kappa shape index (κ1) is 11.2. The Morgan fingerprint density at radius 2 is 2.17 bits per heavy atom. The van der Waals surface area contributed by atoms with Gasteiger partial charge < -0.3 is 14.0 Å². The fourth-order valence-corrected chi connectivity index (χ4v) is 2.07. The smallest absolute Gasteiger partial charge is 0.180 e. The highest BCUT2D eigenvalue weighted by Gasteiger charge is 2.17. The van der Waals surface area contributed by atoms with E-state index in [2.05, 4.69) is 14.9 Å². The summed E-state index contributed by atoms with van der Waals surface area (Å²) >= 11 is 0. The van der Waals surface area contributed by atoms with Crippen molar-refractivity contribution < 1.29 is 9.53 Å². The second-order valence-corrected chi connectivity index (χ2v) is 4.26. The predicted octanol–water partition coefficient (Wildman–Crippen LogP) is 0.768. The van der Waals surface area contributed by atoms with Gasteiger partial charge in [-0.15, -0.1) is 0 Å². The molecule has 94 valence electrons. The van der Waals surface area contributed by atoms with Gasteiger partial charge in [0.1, 0.15) is 5.69 Å². The molecule has 1 aliphatic rings. The number of rotatable bonds is 2. The van der Waals surface area contributed by atoms with Gasteiger partial charge in [-0.3, -0.25) is 4.79 Å². The normalized spacial score (nSPS) is 16.2. The van der Waals surface area contributed by atoms with Crippen LogP contribution in [0, 0.1) is 0 Å². The summed E-state index contributed by atoms with van der Waals surface area (Å²) in [5.41, 5.74) is 1.20. The molecule has 0 amide bonds. The molecular weight excluding hydrogens is 232 g/mol. The van der Waals surface area contributed by atoms with Gasteiger partial charge in [-0.25, -0.2) is 9.97 Å². The third-order valence-corrected chi connectivity index (χ3v) is 3.03. The van der Waals surface area contributed by atoms with E-state index >= 15 is 0 Å². The summed E-state index contributed by atoms with van der Waals surface area (Å²) in [7, 11) is 0. The van der Waals surface area contributed by atoms with Crippen molar-refractivity contribution in [3.05, 3.63) is 24.3 Å². The minimum Gasteiger partial charge on any atom is -0.378 e. The summed E-state index contributed by atoms with van der Waals surface area (Å²) in [6, 6.07) is 0. The number of ketones is 1. The van der Waals surface area contributed by atoms with Crippen LogP contribution in [0.25, 0.3) is 5.65 Å². The summed E-state index contributed by atoms with van der Waals surface area (Å²) in [6.07, 6.45) is 5.27. The van der Waals surface area contributed by atoms with Gasteiger partial charge in [0, 0.05) is 38.6 Å². The van der Waals surface area contributed by atoms with Crippen molar-refractivity contribution in [2.45, 2.75) is 6.92 Å². The molecule has 18 heavy (non-hydrogen) atoms. The van der Waals surface area contributed by atoms with Gasteiger partial charge in [0.05, 0.1) is 13.2 Å². The van der Waals surface area contributed by atoms with Crippen molar-refractivity contribution in [2.24, 2.45) is 0 Å². The summed E-state index contributed by atoms with van der Waals surface area (Å²) in [4.78, 5) is 22.2. The molecule has 0 atom stereocenters. The molecule has 0 aliphatic carbocycles. The maximum atomic E-state index is 11.4. The summed E-state index contributed by atoms with van der Waals surface area (Å²) in [5, 5.41) is 0. The number of carbonyl (C=O) groups is 1. The van der Waals surface area contributed by atoms with Crippen LogP contribution in [-0.4, -0.2) is 46.5 Å². The van der Waals surface area contributed by atoms with Crippen molar-refractivity contribution in [1.29, 1.82) is 0 Å². The lowest BCUT2D eigenvalue weighted by atomic mass is 10.3. The fourth-order valence-electron chi connectivity index (χ4n) is 2.07. The Labute approximate surface area is 104 Å². The lowest BCUT2D eigenvalue weighted by molar-refractivity contribution is 0.101. The van der Waals surface area contributed by atoms with Crippen molar-refractivity contribution in [1.82, 2.24) is 14.4 Å². The van der Waals surface area contributed by atoms with Crippen LogP contribution in [-0.2, 0) is 4.74 Å². The van der Waals surface area contributed by atoms with E-state index in [1.807, 2.05) is 4.40 Å². The van der Waals surface area contributed by atoms with E-state index in [0.29, 0.717) is 18.9 Å². The number of hydrogen-bond donors (Lipinski definition) is 0. The van der Waals surface area contributed by atoms with Crippen LogP contribution in [0.2, 0.25) is 0 Å². The number of nitrogens with zero attached hydrogens (tertiary/aromatic N) is 4. The lowest BCUT2D eigenvalue weighted by Gasteiger charge is -2.27. The second kappa shape index (κ2) is 4.38. The van der Waals surface area contributed by atoms with E-state index in [9.17, 15) is 4.79 Å². The quantitative estimate of drug-likeness (QED) is 0.732. The molecule has 2 aromatic heterocycles. The molecule has 6 heteroatoms. The minimum absolute atomic E-state index is 0.0355. The average molecular weight is 246 g/mol. The van der Waals surface area contributed by atoms with E-state index in [0.717, 1.165) is 24.6 Å². The van der Waals surface area contributed by atoms with Crippen molar-refractivity contribution in [3.8, 4) is 0 Å². The molecule has 6 nitrogen and oxygen atoms in total. The van der Waals surface area contributed by atoms with Crippen molar-refractivity contribution in [2.75, 3.05) is 31.2 Å². The van der Waals surface area contributed by atoms with Crippen LogP contribution in [0.3, 0.4) is 0 Å². The van der Waals surface area contributed by atoms with Crippen LogP contribution in [0.1, 0.15) is 17.4 Å². The molecule has 0 aromatic carbocycles. The number of morpholine rings is 1. The number of hydrogen-bond acceptors (Lipinski definition) is 5. The first-order chi connectivity index (χ1) is 8.75. The topological polar surface area (TPSA) is 59.7 Å². The second-order valence-electron chi connectivity index (χ2n) is 4.26. The lowest BCUT2D eigenvalue weighted by Crippen LogP contribution is -2.37. The highest BCUT2D eigenvalue weighted by atomic mass is 16.5. The van der Waals surface area contributed by atoms with E-state index < -0.39 is 0 Å². The highest BCUT2D eigenvalue weighted by Crippen LogP contribution is 2.19. The van der Waals surface area contributed by atoms with Crippen molar-refractivity contribution in [3.63, 3.8) is 0 Å². The Bertz CT molecular complexity index is 587. The van der Waals surface area contributed by atoms with Crippen molar-refractivity contribution >= 4 is 17.2 Å². The van der Waals surface area contributed by atoms with E-state index in [4.69, 9.17) is 4.74 Å².